The van der Waals surface area contributed by atoms with Gasteiger partial charge in [0.05, 0.1) is 10.1 Å². The molecule has 0 heterocycles. The van der Waals surface area contributed by atoms with Gasteiger partial charge in [0.25, 0.3) is 0 Å². The Morgan fingerprint density at radius 1 is 0.861 bits per heavy atom. The van der Waals surface area contributed by atoms with Gasteiger partial charge in [-0.15, -0.1) is 0 Å². The summed E-state index contributed by atoms with van der Waals surface area (Å²) < 4.78 is 6.07. The van der Waals surface area contributed by atoms with Crippen molar-refractivity contribution in [2.75, 3.05) is 13.2 Å². The fourth-order valence-corrected chi connectivity index (χ4v) is 4.82. The number of nitrogens with one attached hydrogen (secondary N) is 1. The molecular formula is C29H40INO5. The second-order valence-electron chi connectivity index (χ2n) is 9.28. The third-order valence-electron chi connectivity index (χ3n) is 6.19. The minimum absolute atomic E-state index is 0.0924. The van der Waals surface area contributed by atoms with E-state index in [0.29, 0.717) is 30.8 Å². The molecule has 0 spiro atoms. The highest BCUT2D eigenvalue weighted by Crippen LogP contribution is 2.28. The topological polar surface area (TPSA) is 95.9 Å². The summed E-state index contributed by atoms with van der Waals surface area (Å²) in [6.07, 6.45) is 7.53. The lowest BCUT2D eigenvalue weighted by atomic mass is 9.98. The summed E-state index contributed by atoms with van der Waals surface area (Å²) in [4.78, 5) is 24.4. The molecule has 0 saturated heterocycles. The molecule has 1 amide bonds. The van der Waals surface area contributed by atoms with Gasteiger partial charge in [-0.1, -0.05) is 44.9 Å². The van der Waals surface area contributed by atoms with Crippen LogP contribution in [0.3, 0.4) is 0 Å². The van der Waals surface area contributed by atoms with Crippen molar-refractivity contribution in [3.63, 3.8) is 0 Å². The van der Waals surface area contributed by atoms with Crippen LogP contribution in [0.2, 0.25) is 0 Å². The predicted octanol–water partition coefficient (Wildman–Crippen LogP) is 5.92. The van der Waals surface area contributed by atoms with Crippen LogP contribution in [0.1, 0.15) is 80.2 Å². The van der Waals surface area contributed by atoms with Crippen molar-refractivity contribution in [3.05, 3.63) is 55.7 Å². The fourth-order valence-electron chi connectivity index (χ4n) is 4.08. The van der Waals surface area contributed by atoms with E-state index in [1.165, 1.54) is 0 Å². The Kier molecular flexibility index (Phi) is 13.1. The summed E-state index contributed by atoms with van der Waals surface area (Å²) in [6, 6.07) is 7.81. The molecule has 2 rings (SSSR count). The Morgan fingerprint density at radius 2 is 1.44 bits per heavy atom. The highest BCUT2D eigenvalue weighted by atomic mass is 127. The SMILES string of the molecule is CCCCc1cc(CCC(=O)NCCOC(=O)CCc2cc(I)c(O)c(CCCC)c2)cc(C)c1O. The van der Waals surface area contributed by atoms with Crippen molar-refractivity contribution >= 4 is 34.5 Å². The summed E-state index contributed by atoms with van der Waals surface area (Å²) in [7, 11) is 0. The van der Waals surface area contributed by atoms with Crippen molar-refractivity contribution in [3.8, 4) is 11.5 Å². The molecule has 0 aliphatic rings. The molecule has 0 bridgehead atoms. The minimum atomic E-state index is -0.304. The molecule has 0 aliphatic carbocycles. The molecule has 198 valence electrons. The summed E-state index contributed by atoms with van der Waals surface area (Å²) >= 11 is 2.12. The van der Waals surface area contributed by atoms with Gasteiger partial charge in [0.15, 0.2) is 0 Å². The van der Waals surface area contributed by atoms with Crippen LogP contribution in [-0.2, 0) is 40.0 Å². The lowest BCUT2D eigenvalue weighted by Gasteiger charge is -2.11. The largest absolute Gasteiger partial charge is 0.507 e. The number of halogens is 1. The summed E-state index contributed by atoms with van der Waals surface area (Å²) in [5.74, 6) is 0.297. The van der Waals surface area contributed by atoms with Gasteiger partial charge in [-0.05, 0) is 102 Å². The normalized spacial score (nSPS) is 10.9. The van der Waals surface area contributed by atoms with Crippen LogP contribution in [0.5, 0.6) is 11.5 Å². The predicted molar refractivity (Wildman–Crippen MR) is 152 cm³/mol. The van der Waals surface area contributed by atoms with E-state index in [1.54, 1.807) is 0 Å². The van der Waals surface area contributed by atoms with E-state index >= 15 is 0 Å². The average molecular weight is 610 g/mol. The Hall–Kier alpha value is -2.29. The zero-order chi connectivity index (χ0) is 26.5. The number of esters is 1. The smallest absolute Gasteiger partial charge is 0.306 e. The van der Waals surface area contributed by atoms with Gasteiger partial charge in [0, 0.05) is 12.8 Å². The minimum Gasteiger partial charge on any atom is -0.507 e. The summed E-state index contributed by atoms with van der Waals surface area (Å²) in [6.45, 7) is 6.54. The van der Waals surface area contributed by atoms with Gasteiger partial charge in [0.2, 0.25) is 5.91 Å². The lowest BCUT2D eigenvalue weighted by molar-refractivity contribution is -0.143. The first-order valence-corrected chi connectivity index (χ1v) is 14.1. The van der Waals surface area contributed by atoms with Crippen molar-refractivity contribution in [2.24, 2.45) is 0 Å². The van der Waals surface area contributed by atoms with E-state index < -0.39 is 0 Å². The molecule has 0 radical (unpaired) electrons. The van der Waals surface area contributed by atoms with Gasteiger partial charge < -0.3 is 20.3 Å². The molecule has 0 atom stereocenters. The standard InChI is InChI=1S/C29H40INO5/c1-4-6-8-23-17-21(16-20(3)28(23)34)10-12-26(32)31-14-15-36-27(33)13-11-22-18-24(9-7-5-2)29(35)25(30)19-22/h16-19,34-35H,4-15H2,1-3H3,(H,31,32). The first kappa shape index (κ1) is 29.9. The van der Waals surface area contributed by atoms with Crippen LogP contribution in [0.4, 0.5) is 0 Å². The molecule has 3 N–H and O–H groups in total. The zero-order valence-electron chi connectivity index (χ0n) is 21.8. The third-order valence-corrected chi connectivity index (χ3v) is 7.01. The number of amides is 1. The average Bonchev–Trinajstić information content (AvgIpc) is 2.86. The van der Waals surface area contributed by atoms with Gasteiger partial charge in [-0.2, -0.15) is 0 Å². The van der Waals surface area contributed by atoms with Crippen molar-refractivity contribution in [1.29, 1.82) is 0 Å². The number of rotatable bonds is 15. The molecule has 7 heteroatoms. The molecule has 6 nitrogen and oxygen atoms in total. The van der Waals surface area contributed by atoms with E-state index in [4.69, 9.17) is 4.74 Å². The molecular weight excluding hydrogens is 569 g/mol. The molecule has 2 aromatic rings. The van der Waals surface area contributed by atoms with E-state index in [0.717, 1.165) is 69.9 Å². The number of ether oxygens (including phenoxy) is 1. The van der Waals surface area contributed by atoms with Crippen LogP contribution in [0, 0.1) is 10.5 Å². The number of phenolic OH excluding ortho intramolecular Hbond substituents is 2. The second-order valence-corrected chi connectivity index (χ2v) is 10.4. The summed E-state index contributed by atoms with van der Waals surface area (Å²) in [5.41, 5.74) is 4.76. The van der Waals surface area contributed by atoms with E-state index in [9.17, 15) is 19.8 Å². The van der Waals surface area contributed by atoms with Gasteiger partial charge in [-0.25, -0.2) is 0 Å². The maximum absolute atomic E-state index is 12.2. The maximum atomic E-state index is 12.2. The first-order valence-electron chi connectivity index (χ1n) is 13.0. The number of carbonyl (C=O) groups is 2. The maximum Gasteiger partial charge on any atom is 0.306 e. The van der Waals surface area contributed by atoms with Crippen molar-refractivity contribution < 1.29 is 24.5 Å². The number of phenols is 2. The Balaban J connectivity index is 1.70. The highest BCUT2D eigenvalue weighted by Gasteiger charge is 2.11. The molecule has 0 aliphatic heterocycles. The number of benzene rings is 2. The molecule has 0 saturated carbocycles. The molecule has 0 unspecified atom stereocenters. The Bertz CT molecular complexity index is 940. The van der Waals surface area contributed by atoms with Gasteiger partial charge in [-0.3, -0.25) is 9.59 Å². The number of aromatic hydroxyl groups is 2. The van der Waals surface area contributed by atoms with Crippen LogP contribution < -0.4 is 5.32 Å². The van der Waals surface area contributed by atoms with E-state index in [2.05, 4.69) is 41.8 Å². The van der Waals surface area contributed by atoms with Gasteiger partial charge >= 0.3 is 5.97 Å². The number of carbonyl (C=O) groups excluding carboxylic acids is 2. The van der Waals surface area contributed by atoms with Gasteiger partial charge in [0.1, 0.15) is 18.1 Å². The second kappa shape index (κ2) is 15.7. The van der Waals surface area contributed by atoms with Crippen LogP contribution in [-0.4, -0.2) is 35.2 Å². The first-order chi connectivity index (χ1) is 17.2. The van der Waals surface area contributed by atoms with Crippen LogP contribution in [0.15, 0.2) is 24.3 Å². The Labute approximate surface area is 229 Å². The highest BCUT2D eigenvalue weighted by molar-refractivity contribution is 14.1. The quantitative estimate of drug-likeness (QED) is 0.132. The van der Waals surface area contributed by atoms with Crippen molar-refractivity contribution in [1.82, 2.24) is 5.32 Å². The van der Waals surface area contributed by atoms with Crippen LogP contribution >= 0.6 is 22.6 Å². The van der Waals surface area contributed by atoms with Crippen LogP contribution in [0.25, 0.3) is 0 Å². The van der Waals surface area contributed by atoms with Crippen molar-refractivity contribution in [2.45, 2.75) is 85.0 Å². The summed E-state index contributed by atoms with van der Waals surface area (Å²) in [5, 5.41) is 23.3. The number of aryl methyl sites for hydroxylation is 5. The molecule has 0 aromatic heterocycles. The van der Waals surface area contributed by atoms with E-state index in [-0.39, 0.29) is 31.4 Å². The number of unbranched alkanes of at least 4 members (excludes halogenated alkanes) is 2. The monoisotopic (exact) mass is 609 g/mol. The zero-order valence-corrected chi connectivity index (χ0v) is 23.9. The molecule has 0 fully saturated rings. The third kappa shape index (κ3) is 9.99. The fraction of sp³-hybridized carbons (Fsp3) is 0.517. The van der Waals surface area contributed by atoms with E-state index in [1.807, 2.05) is 31.2 Å². The number of hydrogen-bond acceptors (Lipinski definition) is 5. The number of hydrogen-bond donors (Lipinski definition) is 3. The molecule has 2 aromatic carbocycles. The molecule has 36 heavy (non-hydrogen) atoms. The Morgan fingerprint density at radius 3 is 2.08 bits per heavy atom. The lowest BCUT2D eigenvalue weighted by Crippen LogP contribution is -2.28.